The van der Waals surface area contributed by atoms with Crippen molar-refractivity contribution in [2.75, 3.05) is 18.1 Å². The summed E-state index contributed by atoms with van der Waals surface area (Å²) in [7, 11) is 0. The number of nitrogen functional groups attached to an aromatic ring is 2. The van der Waals surface area contributed by atoms with Crippen molar-refractivity contribution >= 4 is 28.5 Å². The fraction of sp³-hybridized carbons (Fsp3) is 0.419. The molecule has 0 unspecified atom stereocenters. The van der Waals surface area contributed by atoms with Crippen molar-refractivity contribution in [2.45, 2.75) is 75.3 Å². The third-order valence-corrected chi connectivity index (χ3v) is 4.12. The van der Waals surface area contributed by atoms with Crippen LogP contribution in [0.2, 0.25) is 0 Å². The highest BCUT2D eigenvalue weighted by molar-refractivity contribution is 5.98. The summed E-state index contributed by atoms with van der Waals surface area (Å²) in [4.78, 5) is 16.1. The molecule has 38 heavy (non-hydrogen) atoms. The summed E-state index contributed by atoms with van der Waals surface area (Å²) < 4.78 is 11.3. The van der Waals surface area contributed by atoms with Gasteiger partial charge in [0.1, 0.15) is 35.3 Å². The Balaban J connectivity index is 0.000000963. The molecule has 0 saturated heterocycles. The molecule has 7 heteroatoms. The molecule has 2 heterocycles. The molecule has 0 spiro atoms. The zero-order valence-corrected chi connectivity index (χ0v) is 24.6. The van der Waals surface area contributed by atoms with E-state index in [2.05, 4.69) is 68.9 Å². The Morgan fingerprint density at radius 3 is 2.32 bits per heavy atom. The van der Waals surface area contributed by atoms with Crippen LogP contribution in [0.4, 0.5) is 11.6 Å². The minimum Gasteiger partial charge on any atom is -0.481 e. The zero-order chi connectivity index (χ0) is 29.1. The predicted octanol–water partition coefficient (Wildman–Crippen LogP) is 7.38. The van der Waals surface area contributed by atoms with Crippen molar-refractivity contribution < 1.29 is 13.9 Å². The first-order valence-corrected chi connectivity index (χ1v) is 12.9. The predicted molar refractivity (Wildman–Crippen MR) is 161 cm³/mol. The summed E-state index contributed by atoms with van der Waals surface area (Å²) in [5, 5.41) is 3.66. The highest BCUT2D eigenvalue weighted by Gasteiger charge is 2.12. The van der Waals surface area contributed by atoms with E-state index in [1.54, 1.807) is 13.0 Å². The van der Waals surface area contributed by atoms with Crippen LogP contribution in [-0.4, -0.2) is 17.5 Å². The summed E-state index contributed by atoms with van der Waals surface area (Å²) >= 11 is 0. The Hall–Kier alpha value is -3.92. The number of furan rings is 1. The van der Waals surface area contributed by atoms with Crippen molar-refractivity contribution in [2.24, 2.45) is 5.41 Å². The van der Waals surface area contributed by atoms with Gasteiger partial charge < -0.3 is 25.9 Å². The van der Waals surface area contributed by atoms with Crippen LogP contribution in [0.15, 0.2) is 53.0 Å². The van der Waals surface area contributed by atoms with Gasteiger partial charge in [0, 0.05) is 11.5 Å². The molecule has 3 rings (SSSR count). The third kappa shape index (κ3) is 14.6. The lowest BCUT2D eigenvalue weighted by Crippen LogP contribution is -2.24. The lowest BCUT2D eigenvalue weighted by molar-refractivity contribution is 0.0949. The van der Waals surface area contributed by atoms with Gasteiger partial charge in [-0.25, -0.2) is 4.98 Å². The second-order valence-electron chi connectivity index (χ2n) is 9.46. The maximum absolute atomic E-state index is 12.2. The first-order chi connectivity index (χ1) is 18.0. The van der Waals surface area contributed by atoms with Gasteiger partial charge >= 0.3 is 0 Å². The first kappa shape index (κ1) is 34.1. The number of nitrogens with zero attached hydrogens (tertiary/aromatic N) is 1. The molecule has 7 nitrogen and oxygen atoms in total. The van der Waals surface area contributed by atoms with Crippen molar-refractivity contribution in [3.05, 3.63) is 59.9 Å². The average molecular weight is 523 g/mol. The number of amides is 1. The van der Waals surface area contributed by atoms with E-state index in [1.807, 2.05) is 39.0 Å². The van der Waals surface area contributed by atoms with Crippen LogP contribution in [-0.2, 0) is 6.54 Å². The van der Waals surface area contributed by atoms with Gasteiger partial charge in [0.05, 0.1) is 12.1 Å². The van der Waals surface area contributed by atoms with Gasteiger partial charge in [0.2, 0.25) is 0 Å². The zero-order valence-electron chi connectivity index (χ0n) is 24.6. The molecule has 0 aliphatic heterocycles. The van der Waals surface area contributed by atoms with Crippen molar-refractivity contribution in [1.82, 2.24) is 10.3 Å². The highest BCUT2D eigenvalue weighted by atomic mass is 16.5. The monoisotopic (exact) mass is 522 g/mol. The largest absolute Gasteiger partial charge is 0.481 e. The Labute approximate surface area is 229 Å². The molecule has 0 radical (unpaired) electrons. The van der Waals surface area contributed by atoms with Gasteiger partial charge in [0.15, 0.2) is 0 Å². The maximum Gasteiger partial charge on any atom is 0.255 e. The number of nitrogens with one attached hydrogen (secondary N) is 1. The van der Waals surface area contributed by atoms with Crippen LogP contribution >= 0.6 is 0 Å². The molecule has 1 amide bonds. The van der Waals surface area contributed by atoms with Crippen LogP contribution in [0.1, 0.15) is 84.9 Å². The van der Waals surface area contributed by atoms with E-state index in [1.165, 1.54) is 12.1 Å². The molecule has 1 aromatic carbocycles. The van der Waals surface area contributed by atoms with Crippen LogP contribution in [0.5, 0.6) is 5.75 Å². The number of anilines is 2. The molecule has 0 bridgehead atoms. The number of hydrogen-bond donors (Lipinski definition) is 3. The Bertz CT molecular complexity index is 1190. The van der Waals surface area contributed by atoms with Gasteiger partial charge in [-0.3, -0.25) is 4.79 Å². The van der Waals surface area contributed by atoms with E-state index in [4.69, 9.17) is 20.6 Å². The Kier molecular flexibility index (Phi) is 16.5. The number of allylic oxidation sites excluding steroid dienone is 2. The second kappa shape index (κ2) is 18.3. The fourth-order valence-corrected chi connectivity index (χ4v) is 2.62. The maximum atomic E-state index is 12.2. The van der Waals surface area contributed by atoms with Crippen LogP contribution in [0.25, 0.3) is 11.0 Å². The van der Waals surface area contributed by atoms with Gasteiger partial charge in [-0.1, -0.05) is 66.5 Å². The summed E-state index contributed by atoms with van der Waals surface area (Å²) in [5.41, 5.74) is 12.7. The van der Waals surface area contributed by atoms with E-state index in [9.17, 15) is 4.79 Å². The summed E-state index contributed by atoms with van der Waals surface area (Å²) in [6.07, 6.45) is 5.34. The van der Waals surface area contributed by atoms with Crippen LogP contribution in [0, 0.1) is 17.3 Å². The quantitative estimate of drug-likeness (QED) is 0.230. The van der Waals surface area contributed by atoms with E-state index >= 15 is 0 Å². The lowest BCUT2D eigenvalue weighted by Gasteiger charge is -2.06. The number of hydrogen-bond acceptors (Lipinski definition) is 6. The number of benzene rings is 1. The Morgan fingerprint density at radius 2 is 1.79 bits per heavy atom. The number of ether oxygens (including phenoxy) is 1. The number of fused-ring (bicyclic) bond motifs is 1. The lowest BCUT2D eigenvalue weighted by atomic mass is 10.0. The van der Waals surface area contributed by atoms with Crippen molar-refractivity contribution in [3.63, 3.8) is 0 Å². The first-order valence-electron chi connectivity index (χ1n) is 12.9. The molecule has 208 valence electrons. The minimum atomic E-state index is -0.349. The topological polar surface area (TPSA) is 116 Å². The standard InChI is InChI=1S/C19H18N4O3.C5H12.C5H10.C2H6/c1-2-3-8-25-13-5-4-12-9-14(26-16(12)10-13)11-22-19(24)15-6-7-17(20)23-18(15)21;1-5(2,3)4;1-3-5-4-2;1-2/h4-7,9-10H,8,11H2,1H3,(H,22,24)(H4,20,21,23);1-4H3;3,5H,4H2,1-2H3;1-2H3/b;;5-3-;. The van der Waals surface area contributed by atoms with Gasteiger partial charge in [-0.2, -0.15) is 0 Å². The molecule has 0 saturated carbocycles. The minimum absolute atomic E-state index is 0.0871. The number of nitrogens with two attached hydrogens (primary N) is 2. The molecule has 0 aliphatic rings. The number of pyridine rings is 1. The number of carbonyl (C=O) groups excluding carboxylic acids is 1. The molecule has 0 atom stereocenters. The summed E-state index contributed by atoms with van der Waals surface area (Å²) in [6.45, 7) is 19.2. The molecular formula is C31H46N4O3. The number of carbonyl (C=O) groups is 1. The molecule has 0 aliphatic carbocycles. The van der Waals surface area contributed by atoms with Crippen LogP contribution in [0.3, 0.4) is 0 Å². The van der Waals surface area contributed by atoms with Crippen molar-refractivity contribution in [3.8, 4) is 17.6 Å². The second-order valence-corrected chi connectivity index (χ2v) is 9.46. The number of rotatable bonds is 6. The van der Waals surface area contributed by atoms with E-state index in [0.717, 1.165) is 11.8 Å². The molecule has 2 aromatic heterocycles. The third-order valence-electron chi connectivity index (χ3n) is 4.12. The smallest absolute Gasteiger partial charge is 0.255 e. The SMILES string of the molecule is C/C=C\CC.CC.CC#CCOc1ccc2cc(CNC(=O)c3ccc(N)nc3N)oc2c1.CC(C)(C)C. The van der Waals surface area contributed by atoms with Crippen LogP contribution < -0.4 is 21.5 Å². The molecule has 3 aromatic rings. The molecule has 5 N–H and O–H groups in total. The average Bonchev–Trinajstić information content (AvgIpc) is 3.26. The van der Waals surface area contributed by atoms with E-state index in [0.29, 0.717) is 29.1 Å². The van der Waals surface area contributed by atoms with Gasteiger partial charge in [0.25, 0.3) is 5.91 Å². The number of aromatic nitrogens is 1. The molecule has 0 fully saturated rings. The highest BCUT2D eigenvalue weighted by Crippen LogP contribution is 2.24. The van der Waals surface area contributed by atoms with E-state index < -0.39 is 0 Å². The van der Waals surface area contributed by atoms with Gasteiger partial charge in [-0.05, 0) is 56.0 Å². The van der Waals surface area contributed by atoms with E-state index in [-0.39, 0.29) is 29.7 Å². The normalized spacial score (nSPS) is 10.0. The van der Waals surface area contributed by atoms with Crippen molar-refractivity contribution in [1.29, 1.82) is 0 Å². The Morgan fingerprint density at radius 1 is 1.13 bits per heavy atom. The molecular weight excluding hydrogens is 476 g/mol. The van der Waals surface area contributed by atoms with Gasteiger partial charge in [-0.15, -0.1) is 5.92 Å². The fourth-order valence-electron chi connectivity index (χ4n) is 2.62. The summed E-state index contributed by atoms with van der Waals surface area (Å²) in [6, 6.07) is 10.4. The summed E-state index contributed by atoms with van der Waals surface area (Å²) in [5.74, 6) is 6.89.